The number of halogens is 1. The number of nitro benzene ring substituents is 1. The monoisotopic (exact) mass is 453 g/mol. The first kappa shape index (κ1) is 18.6. The lowest BCUT2D eigenvalue weighted by Crippen LogP contribution is -2.16. The van der Waals surface area contributed by atoms with Crippen molar-refractivity contribution in [3.05, 3.63) is 86.8 Å². The predicted octanol–water partition coefficient (Wildman–Crippen LogP) is 5.13. The van der Waals surface area contributed by atoms with Crippen LogP contribution in [0.25, 0.3) is 22.3 Å². The van der Waals surface area contributed by atoms with E-state index in [1.165, 1.54) is 12.3 Å². The molecule has 0 bridgehead atoms. The smallest absolute Gasteiger partial charge is 0.307 e. The number of furan rings is 2. The van der Waals surface area contributed by atoms with Gasteiger partial charge in [-0.1, -0.05) is 28.1 Å². The fourth-order valence-electron chi connectivity index (χ4n) is 2.74. The maximum absolute atomic E-state index is 12.2. The molecule has 9 heteroatoms. The molecule has 0 aliphatic rings. The second-order valence-corrected chi connectivity index (χ2v) is 6.88. The summed E-state index contributed by atoms with van der Waals surface area (Å²) in [4.78, 5) is 22.9. The number of para-hydroxylation sites is 1. The predicted molar refractivity (Wildman–Crippen MR) is 110 cm³/mol. The molecule has 29 heavy (non-hydrogen) atoms. The van der Waals surface area contributed by atoms with Crippen molar-refractivity contribution < 1.29 is 18.6 Å². The molecule has 1 N–H and O–H groups in total. The van der Waals surface area contributed by atoms with E-state index in [-0.39, 0.29) is 11.4 Å². The summed E-state index contributed by atoms with van der Waals surface area (Å²) in [5, 5.41) is 15.8. The summed E-state index contributed by atoms with van der Waals surface area (Å²) in [5.74, 6) is 0.259. The van der Waals surface area contributed by atoms with Crippen LogP contribution in [-0.4, -0.2) is 17.0 Å². The molecule has 2 aromatic carbocycles. The van der Waals surface area contributed by atoms with Gasteiger partial charge in [-0.3, -0.25) is 14.9 Å². The number of nitrogens with one attached hydrogen (secondary N) is 1. The van der Waals surface area contributed by atoms with Gasteiger partial charge >= 0.3 is 5.91 Å². The molecule has 4 aromatic rings. The number of fused-ring (bicyclic) bond motifs is 1. The Morgan fingerprint density at radius 2 is 1.93 bits per heavy atom. The van der Waals surface area contributed by atoms with Crippen molar-refractivity contribution in [2.75, 3.05) is 0 Å². The Hall–Kier alpha value is -3.72. The van der Waals surface area contributed by atoms with E-state index < -0.39 is 10.8 Å². The molecule has 144 valence electrons. The highest BCUT2D eigenvalue weighted by Gasteiger charge is 2.17. The molecule has 2 heterocycles. The number of carbonyl (C=O) groups is 1. The summed E-state index contributed by atoms with van der Waals surface area (Å²) >= 11 is 3.36. The van der Waals surface area contributed by atoms with Crippen LogP contribution in [0.15, 0.2) is 79.1 Å². The molecule has 0 aliphatic heterocycles. The lowest BCUT2D eigenvalue weighted by Gasteiger charge is -1.98. The topological polar surface area (TPSA) is 111 Å². The summed E-state index contributed by atoms with van der Waals surface area (Å²) in [6.45, 7) is 0. The van der Waals surface area contributed by atoms with Crippen molar-refractivity contribution >= 4 is 44.7 Å². The lowest BCUT2D eigenvalue weighted by molar-refractivity contribution is -0.384. The van der Waals surface area contributed by atoms with E-state index in [0.29, 0.717) is 22.7 Å². The van der Waals surface area contributed by atoms with Gasteiger partial charge in [-0.2, -0.15) is 5.10 Å². The van der Waals surface area contributed by atoms with Gasteiger partial charge in [0.1, 0.15) is 17.1 Å². The Bertz CT molecular complexity index is 1260. The zero-order valence-corrected chi connectivity index (χ0v) is 16.3. The third-order valence-corrected chi connectivity index (χ3v) is 4.55. The van der Waals surface area contributed by atoms with Crippen LogP contribution in [0.5, 0.6) is 0 Å². The van der Waals surface area contributed by atoms with Gasteiger partial charge in [0.05, 0.1) is 16.7 Å². The summed E-state index contributed by atoms with van der Waals surface area (Å²) in [6, 6.07) is 16.5. The number of hydrazone groups is 1. The number of carbonyl (C=O) groups excluding carboxylic acids is 1. The minimum atomic E-state index is -0.515. The number of nitrogens with zero attached hydrogens (tertiary/aromatic N) is 2. The van der Waals surface area contributed by atoms with Gasteiger partial charge in [0.25, 0.3) is 5.69 Å². The third kappa shape index (κ3) is 3.94. The number of nitro groups is 1. The Kier molecular flexibility index (Phi) is 4.96. The van der Waals surface area contributed by atoms with Crippen molar-refractivity contribution in [3.8, 4) is 11.3 Å². The van der Waals surface area contributed by atoms with E-state index in [2.05, 4.69) is 26.5 Å². The van der Waals surface area contributed by atoms with Crippen molar-refractivity contribution in [1.29, 1.82) is 0 Å². The largest absolute Gasteiger partial charge is 0.455 e. The Labute approximate surface area is 172 Å². The molecule has 0 radical (unpaired) electrons. The summed E-state index contributed by atoms with van der Waals surface area (Å²) < 4.78 is 11.9. The van der Waals surface area contributed by atoms with Gasteiger partial charge in [0.2, 0.25) is 0 Å². The molecule has 0 saturated carbocycles. The number of amides is 1. The van der Waals surface area contributed by atoms with E-state index in [9.17, 15) is 14.9 Å². The Morgan fingerprint density at radius 3 is 2.76 bits per heavy atom. The first-order valence-electron chi connectivity index (χ1n) is 8.37. The SMILES string of the molecule is O=C(N/N=C\c1ccc(-c2ccccc2[N+](=O)[O-])o1)c1cc2cc(Br)ccc2o1. The standard InChI is InChI=1S/C20H12BrN3O5/c21-13-5-7-17-12(9-13)10-19(29-17)20(25)23-22-11-14-6-8-18(28-14)15-3-1-2-4-16(15)24(26)27/h1-11H,(H,23,25)/b22-11-. The second-order valence-electron chi connectivity index (χ2n) is 5.97. The quantitative estimate of drug-likeness (QED) is 0.255. The minimum absolute atomic E-state index is 0.0600. The highest BCUT2D eigenvalue weighted by molar-refractivity contribution is 9.10. The molecular formula is C20H12BrN3O5. The molecule has 4 rings (SSSR count). The summed E-state index contributed by atoms with van der Waals surface area (Å²) in [6.07, 6.45) is 1.30. The maximum atomic E-state index is 12.2. The van der Waals surface area contributed by atoms with Crippen LogP contribution in [0.3, 0.4) is 0 Å². The average molecular weight is 454 g/mol. The van der Waals surface area contributed by atoms with Gasteiger partial charge in [0.15, 0.2) is 5.76 Å². The first-order chi connectivity index (χ1) is 14.0. The van der Waals surface area contributed by atoms with Gasteiger partial charge in [-0.15, -0.1) is 0 Å². The molecule has 2 aromatic heterocycles. The number of hydrogen-bond acceptors (Lipinski definition) is 6. The van der Waals surface area contributed by atoms with E-state index in [0.717, 1.165) is 9.86 Å². The van der Waals surface area contributed by atoms with E-state index >= 15 is 0 Å². The number of benzene rings is 2. The normalized spacial score (nSPS) is 11.2. The van der Waals surface area contributed by atoms with Gasteiger partial charge < -0.3 is 8.83 Å². The van der Waals surface area contributed by atoms with Crippen LogP contribution < -0.4 is 5.43 Å². The molecular weight excluding hydrogens is 442 g/mol. The number of hydrogen-bond donors (Lipinski definition) is 1. The van der Waals surface area contributed by atoms with Crippen molar-refractivity contribution in [2.45, 2.75) is 0 Å². The van der Waals surface area contributed by atoms with Crippen LogP contribution in [0.2, 0.25) is 0 Å². The lowest BCUT2D eigenvalue weighted by atomic mass is 10.1. The van der Waals surface area contributed by atoms with Gasteiger partial charge in [-0.05, 0) is 42.5 Å². The molecule has 0 saturated heterocycles. The van der Waals surface area contributed by atoms with Crippen LogP contribution in [0.1, 0.15) is 16.3 Å². The fourth-order valence-corrected chi connectivity index (χ4v) is 3.12. The molecule has 0 spiro atoms. The molecule has 0 unspecified atom stereocenters. The van der Waals surface area contributed by atoms with Gasteiger partial charge in [-0.25, -0.2) is 5.43 Å². The van der Waals surface area contributed by atoms with Crippen LogP contribution >= 0.6 is 15.9 Å². The molecule has 8 nitrogen and oxygen atoms in total. The molecule has 1 amide bonds. The minimum Gasteiger partial charge on any atom is -0.455 e. The van der Waals surface area contributed by atoms with Crippen molar-refractivity contribution in [2.24, 2.45) is 5.10 Å². The molecule has 0 atom stereocenters. The number of rotatable bonds is 5. The van der Waals surface area contributed by atoms with E-state index in [1.54, 1.807) is 42.5 Å². The average Bonchev–Trinajstić information content (AvgIpc) is 3.34. The second kappa shape index (κ2) is 7.72. The Morgan fingerprint density at radius 1 is 1.10 bits per heavy atom. The van der Waals surface area contributed by atoms with Crippen LogP contribution in [-0.2, 0) is 0 Å². The third-order valence-electron chi connectivity index (χ3n) is 4.05. The zero-order chi connectivity index (χ0) is 20.4. The summed E-state index contributed by atoms with van der Waals surface area (Å²) in [5.41, 5.74) is 3.24. The highest BCUT2D eigenvalue weighted by Crippen LogP contribution is 2.30. The van der Waals surface area contributed by atoms with Crippen LogP contribution in [0, 0.1) is 10.1 Å². The van der Waals surface area contributed by atoms with Crippen molar-refractivity contribution in [3.63, 3.8) is 0 Å². The van der Waals surface area contributed by atoms with Gasteiger partial charge in [0, 0.05) is 15.9 Å². The van der Waals surface area contributed by atoms with E-state index in [1.807, 2.05) is 12.1 Å². The van der Waals surface area contributed by atoms with Crippen molar-refractivity contribution in [1.82, 2.24) is 5.43 Å². The first-order valence-corrected chi connectivity index (χ1v) is 9.17. The zero-order valence-electron chi connectivity index (χ0n) is 14.7. The summed E-state index contributed by atoms with van der Waals surface area (Å²) in [7, 11) is 0. The van der Waals surface area contributed by atoms with E-state index in [4.69, 9.17) is 8.83 Å². The fraction of sp³-hybridized carbons (Fsp3) is 0. The molecule has 0 aliphatic carbocycles. The maximum Gasteiger partial charge on any atom is 0.307 e. The van der Waals surface area contributed by atoms with Crippen LogP contribution in [0.4, 0.5) is 5.69 Å². The molecule has 0 fully saturated rings. The highest BCUT2D eigenvalue weighted by atomic mass is 79.9. The Balaban J connectivity index is 1.47.